The maximum atomic E-state index is 5.76. The van der Waals surface area contributed by atoms with Crippen LogP contribution in [0.25, 0.3) is 11.0 Å². The van der Waals surface area contributed by atoms with Gasteiger partial charge in [0.2, 0.25) is 5.89 Å². The highest BCUT2D eigenvalue weighted by atomic mass is 16.5. The van der Waals surface area contributed by atoms with E-state index in [2.05, 4.69) is 30.0 Å². The van der Waals surface area contributed by atoms with E-state index in [9.17, 15) is 0 Å². The largest absolute Gasteiger partial charge is 0.384 e. The molecule has 0 bridgehead atoms. The third kappa shape index (κ3) is 2.92. The quantitative estimate of drug-likeness (QED) is 0.757. The highest BCUT2D eigenvalue weighted by Crippen LogP contribution is 2.31. The molecule has 1 atom stereocenters. The Morgan fingerprint density at radius 2 is 2.12 bits per heavy atom. The van der Waals surface area contributed by atoms with Gasteiger partial charge in [0.1, 0.15) is 18.0 Å². The van der Waals surface area contributed by atoms with Crippen LogP contribution in [0.2, 0.25) is 0 Å². The minimum atomic E-state index is 0.182. The lowest BCUT2D eigenvalue weighted by Crippen LogP contribution is -2.35. The summed E-state index contributed by atoms with van der Waals surface area (Å²) in [6.07, 6.45) is 3.57. The van der Waals surface area contributed by atoms with E-state index in [0.717, 1.165) is 37.1 Å². The first kappa shape index (κ1) is 15.6. The van der Waals surface area contributed by atoms with Gasteiger partial charge in [-0.05, 0) is 30.1 Å². The molecule has 4 heterocycles. The van der Waals surface area contributed by atoms with Crippen molar-refractivity contribution in [3.8, 4) is 0 Å². The van der Waals surface area contributed by atoms with Gasteiger partial charge in [0.05, 0.1) is 11.3 Å². The lowest BCUT2D eigenvalue weighted by atomic mass is 9.98. The van der Waals surface area contributed by atoms with E-state index < -0.39 is 0 Å². The number of hydrogen-bond acceptors (Lipinski definition) is 9. The van der Waals surface area contributed by atoms with E-state index >= 15 is 0 Å². The Morgan fingerprint density at radius 1 is 1.24 bits per heavy atom. The topological polar surface area (TPSA) is 110 Å². The Hall–Kier alpha value is -2.97. The summed E-state index contributed by atoms with van der Waals surface area (Å²) in [7, 11) is 3.79. The fourth-order valence-electron chi connectivity index (χ4n) is 3.14. The Morgan fingerprint density at radius 3 is 2.92 bits per heavy atom. The minimum absolute atomic E-state index is 0.182. The fraction of sp³-hybridized carbons (Fsp3) is 0.438. The minimum Gasteiger partial charge on any atom is -0.384 e. The van der Waals surface area contributed by atoms with Crippen LogP contribution in [0.4, 0.5) is 17.6 Å². The van der Waals surface area contributed by atoms with E-state index in [1.54, 1.807) is 6.07 Å². The highest BCUT2D eigenvalue weighted by molar-refractivity contribution is 5.87. The number of rotatable bonds is 3. The van der Waals surface area contributed by atoms with Crippen LogP contribution < -0.4 is 15.5 Å². The molecular formula is C16H20N8O. The average Bonchev–Trinajstić information content (AvgIpc) is 3.11. The third-order valence-corrected chi connectivity index (χ3v) is 4.40. The van der Waals surface area contributed by atoms with Crippen LogP contribution in [-0.2, 0) is 0 Å². The molecule has 9 nitrogen and oxygen atoms in total. The summed E-state index contributed by atoms with van der Waals surface area (Å²) in [6, 6.07) is 3.70. The number of fused-ring (bicyclic) bond motifs is 1. The molecule has 0 amide bonds. The van der Waals surface area contributed by atoms with Crippen LogP contribution >= 0.6 is 0 Å². The SMILES string of the molecule is CN(C)c1noc(C2CCCN(c3ncnc4nc(N)ccc34)C2)n1. The first-order valence-electron chi connectivity index (χ1n) is 8.25. The molecule has 0 spiro atoms. The summed E-state index contributed by atoms with van der Waals surface area (Å²) < 4.78 is 5.46. The molecule has 0 aromatic carbocycles. The number of piperidine rings is 1. The molecule has 1 unspecified atom stereocenters. The zero-order chi connectivity index (χ0) is 17.4. The van der Waals surface area contributed by atoms with E-state index in [0.29, 0.717) is 23.3 Å². The van der Waals surface area contributed by atoms with Gasteiger partial charge in [-0.3, -0.25) is 0 Å². The zero-order valence-electron chi connectivity index (χ0n) is 14.3. The summed E-state index contributed by atoms with van der Waals surface area (Å²) in [5, 5.41) is 4.92. The second-order valence-corrected chi connectivity index (χ2v) is 6.42. The van der Waals surface area contributed by atoms with Crippen molar-refractivity contribution in [3.05, 3.63) is 24.4 Å². The van der Waals surface area contributed by atoms with Crippen molar-refractivity contribution in [1.29, 1.82) is 0 Å². The van der Waals surface area contributed by atoms with E-state index in [1.165, 1.54) is 6.33 Å². The second kappa shape index (κ2) is 6.15. The van der Waals surface area contributed by atoms with Crippen molar-refractivity contribution >= 4 is 28.6 Å². The number of nitrogens with zero attached hydrogens (tertiary/aromatic N) is 7. The van der Waals surface area contributed by atoms with Crippen LogP contribution in [0.1, 0.15) is 24.7 Å². The maximum absolute atomic E-state index is 5.76. The molecule has 0 saturated carbocycles. The molecule has 3 aromatic heterocycles. The van der Waals surface area contributed by atoms with Gasteiger partial charge in [-0.25, -0.2) is 15.0 Å². The van der Waals surface area contributed by atoms with E-state index in [4.69, 9.17) is 10.3 Å². The van der Waals surface area contributed by atoms with Crippen molar-refractivity contribution < 1.29 is 4.52 Å². The van der Waals surface area contributed by atoms with Gasteiger partial charge in [0, 0.05) is 27.2 Å². The van der Waals surface area contributed by atoms with Crippen molar-refractivity contribution in [2.45, 2.75) is 18.8 Å². The lowest BCUT2D eigenvalue weighted by Gasteiger charge is -2.32. The van der Waals surface area contributed by atoms with Crippen LogP contribution in [0, 0.1) is 0 Å². The molecule has 0 radical (unpaired) electrons. The molecular weight excluding hydrogens is 320 g/mol. The first-order valence-corrected chi connectivity index (χ1v) is 8.25. The number of pyridine rings is 1. The van der Waals surface area contributed by atoms with Crippen molar-refractivity contribution in [1.82, 2.24) is 25.1 Å². The molecule has 4 rings (SSSR count). The molecule has 0 aliphatic carbocycles. The van der Waals surface area contributed by atoms with Crippen LogP contribution in [-0.4, -0.2) is 52.3 Å². The smallest absolute Gasteiger partial charge is 0.265 e. The summed E-state index contributed by atoms with van der Waals surface area (Å²) in [6.45, 7) is 1.69. The Kier molecular flexibility index (Phi) is 3.83. The van der Waals surface area contributed by atoms with Crippen LogP contribution in [0.15, 0.2) is 23.0 Å². The predicted octanol–water partition coefficient (Wildman–Crippen LogP) is 1.44. The molecule has 1 aliphatic rings. The van der Waals surface area contributed by atoms with Gasteiger partial charge in [-0.1, -0.05) is 0 Å². The summed E-state index contributed by atoms with van der Waals surface area (Å²) in [4.78, 5) is 21.5. The van der Waals surface area contributed by atoms with Gasteiger partial charge in [0.25, 0.3) is 5.95 Å². The van der Waals surface area contributed by atoms with Gasteiger partial charge in [0.15, 0.2) is 5.65 Å². The van der Waals surface area contributed by atoms with Crippen molar-refractivity contribution in [2.75, 3.05) is 42.7 Å². The molecule has 9 heteroatoms. The van der Waals surface area contributed by atoms with Gasteiger partial charge >= 0.3 is 0 Å². The van der Waals surface area contributed by atoms with Gasteiger partial charge in [-0.15, -0.1) is 0 Å². The summed E-state index contributed by atoms with van der Waals surface area (Å²) in [5.41, 5.74) is 6.37. The molecule has 2 N–H and O–H groups in total. The third-order valence-electron chi connectivity index (χ3n) is 4.40. The monoisotopic (exact) mass is 340 g/mol. The standard InChI is InChI=1S/C16H20N8O/c1-23(2)16-21-15(25-22-16)10-4-3-7-24(8-10)14-11-5-6-12(17)20-13(11)18-9-19-14/h5-6,9-10H,3-4,7-8H2,1-2H3,(H2,17,18,19,20). The van der Waals surface area contributed by atoms with Gasteiger partial charge in [-0.2, -0.15) is 4.98 Å². The van der Waals surface area contributed by atoms with Gasteiger partial charge < -0.3 is 20.1 Å². The summed E-state index contributed by atoms with van der Waals surface area (Å²) in [5.74, 6) is 2.78. The molecule has 25 heavy (non-hydrogen) atoms. The Balaban J connectivity index is 1.63. The van der Waals surface area contributed by atoms with Crippen LogP contribution in [0.5, 0.6) is 0 Å². The summed E-state index contributed by atoms with van der Waals surface area (Å²) >= 11 is 0. The average molecular weight is 340 g/mol. The molecule has 1 saturated heterocycles. The lowest BCUT2D eigenvalue weighted by molar-refractivity contribution is 0.333. The Labute approximate surface area is 144 Å². The van der Waals surface area contributed by atoms with E-state index in [-0.39, 0.29) is 5.92 Å². The van der Waals surface area contributed by atoms with Crippen molar-refractivity contribution in [3.63, 3.8) is 0 Å². The molecule has 1 fully saturated rings. The Bertz CT molecular complexity index is 893. The fourth-order valence-corrected chi connectivity index (χ4v) is 3.14. The zero-order valence-corrected chi connectivity index (χ0v) is 14.3. The first-order chi connectivity index (χ1) is 12.1. The number of hydrogen-bond donors (Lipinski definition) is 1. The number of anilines is 3. The molecule has 1 aliphatic heterocycles. The second-order valence-electron chi connectivity index (χ2n) is 6.42. The molecule has 3 aromatic rings. The number of aromatic nitrogens is 5. The van der Waals surface area contributed by atoms with Crippen LogP contribution in [0.3, 0.4) is 0 Å². The number of nitrogen functional groups attached to an aromatic ring is 1. The predicted molar refractivity (Wildman–Crippen MR) is 94.6 cm³/mol. The molecule has 130 valence electrons. The van der Waals surface area contributed by atoms with Crippen molar-refractivity contribution in [2.24, 2.45) is 0 Å². The number of nitrogens with two attached hydrogens (primary N) is 1. The highest BCUT2D eigenvalue weighted by Gasteiger charge is 2.28. The normalized spacial score (nSPS) is 17.8. The van der Waals surface area contributed by atoms with E-state index in [1.807, 2.05) is 25.1 Å². The maximum Gasteiger partial charge on any atom is 0.265 e.